The molecule has 0 aliphatic heterocycles. The molecule has 0 aromatic heterocycles. The maximum atomic E-state index is 12.7. The van der Waals surface area contributed by atoms with Crippen molar-refractivity contribution in [3.8, 4) is 0 Å². The zero-order valence-corrected chi connectivity index (χ0v) is 19.7. The van der Waals surface area contributed by atoms with E-state index < -0.39 is 36.2 Å². The minimum absolute atomic E-state index is 0. The summed E-state index contributed by atoms with van der Waals surface area (Å²) in [6.07, 6.45) is 10.2. The van der Waals surface area contributed by atoms with Gasteiger partial charge in [-0.15, -0.1) is 0 Å². The van der Waals surface area contributed by atoms with Crippen molar-refractivity contribution in [1.29, 1.82) is 0 Å². The van der Waals surface area contributed by atoms with Crippen molar-refractivity contribution < 1.29 is 58.6 Å². The summed E-state index contributed by atoms with van der Waals surface area (Å²) >= 11 is 0. The third-order valence-electron chi connectivity index (χ3n) is 3.82. The standard InChI is InChI=1S/C21H31NO6.Na/c1-4-7-9-11-13-18(23)22(19(24)14-12-10-8-5-2)17(16-20(25)26)21(27)28-15-6-3;/h4-8,17H,3,9-16H2,1-2H3,(H,25,26);/q;+1/p-1/b7-4+,8-5+;. The predicted octanol–water partition coefficient (Wildman–Crippen LogP) is -0.924. The molecular formula is C21H30NNaO6. The Morgan fingerprint density at radius 1 is 1.00 bits per heavy atom. The molecule has 0 saturated heterocycles. The number of esters is 1. The third kappa shape index (κ3) is 13.2. The van der Waals surface area contributed by atoms with Gasteiger partial charge in [0.1, 0.15) is 12.6 Å². The van der Waals surface area contributed by atoms with Gasteiger partial charge in [-0.05, 0) is 39.5 Å². The van der Waals surface area contributed by atoms with Crippen molar-refractivity contribution in [3.05, 3.63) is 37.0 Å². The van der Waals surface area contributed by atoms with Crippen molar-refractivity contribution in [2.45, 2.75) is 64.8 Å². The van der Waals surface area contributed by atoms with Gasteiger partial charge >= 0.3 is 35.5 Å². The van der Waals surface area contributed by atoms with E-state index >= 15 is 0 Å². The Kier molecular flexibility index (Phi) is 18.7. The molecule has 29 heavy (non-hydrogen) atoms. The van der Waals surface area contributed by atoms with Gasteiger partial charge in [0.25, 0.3) is 0 Å². The number of carboxylic acids is 1. The number of ether oxygens (including phenoxy) is 1. The molecule has 1 atom stereocenters. The van der Waals surface area contributed by atoms with Gasteiger partial charge in [0.15, 0.2) is 0 Å². The Hall–Kier alpha value is -1.70. The first-order valence-corrected chi connectivity index (χ1v) is 9.43. The van der Waals surface area contributed by atoms with E-state index in [0.717, 1.165) is 4.90 Å². The van der Waals surface area contributed by atoms with Crippen LogP contribution in [0.4, 0.5) is 0 Å². The number of carboxylic acid groups (broad SMARTS) is 1. The van der Waals surface area contributed by atoms with Gasteiger partial charge in [-0.3, -0.25) is 14.5 Å². The average Bonchev–Trinajstić information content (AvgIpc) is 2.65. The van der Waals surface area contributed by atoms with Gasteiger partial charge in [0.2, 0.25) is 11.8 Å². The number of hydrogen-bond donors (Lipinski definition) is 0. The van der Waals surface area contributed by atoms with E-state index in [2.05, 4.69) is 6.58 Å². The van der Waals surface area contributed by atoms with Crippen molar-refractivity contribution >= 4 is 23.8 Å². The fourth-order valence-corrected chi connectivity index (χ4v) is 2.48. The van der Waals surface area contributed by atoms with Crippen LogP contribution in [-0.4, -0.2) is 41.3 Å². The summed E-state index contributed by atoms with van der Waals surface area (Å²) in [7, 11) is 0. The second kappa shape index (κ2) is 18.3. The second-order valence-corrected chi connectivity index (χ2v) is 6.09. The molecule has 156 valence electrons. The maximum absolute atomic E-state index is 12.7. The summed E-state index contributed by atoms with van der Waals surface area (Å²) < 4.78 is 4.91. The molecule has 0 spiro atoms. The van der Waals surface area contributed by atoms with Gasteiger partial charge in [-0.2, -0.15) is 0 Å². The average molecular weight is 415 g/mol. The summed E-state index contributed by atoms with van der Waals surface area (Å²) in [6.45, 7) is 6.98. The molecule has 0 N–H and O–H groups in total. The number of amides is 2. The molecule has 0 fully saturated rings. The van der Waals surface area contributed by atoms with Crippen LogP contribution in [0.5, 0.6) is 0 Å². The van der Waals surface area contributed by atoms with E-state index in [4.69, 9.17) is 4.74 Å². The molecule has 0 bridgehead atoms. The number of carbonyl (C=O) groups excluding carboxylic acids is 4. The molecule has 0 aromatic carbocycles. The zero-order chi connectivity index (χ0) is 21.4. The first kappa shape index (κ1) is 29.5. The number of aliphatic carboxylic acids is 1. The van der Waals surface area contributed by atoms with E-state index in [1.165, 1.54) is 6.08 Å². The molecule has 0 saturated carbocycles. The van der Waals surface area contributed by atoms with Crippen molar-refractivity contribution in [2.24, 2.45) is 0 Å². The number of hydrogen-bond acceptors (Lipinski definition) is 6. The minimum atomic E-state index is -1.55. The number of carbonyl (C=O) groups is 4. The van der Waals surface area contributed by atoms with Crippen LogP contribution in [0.25, 0.3) is 0 Å². The first-order valence-electron chi connectivity index (χ1n) is 9.43. The van der Waals surface area contributed by atoms with Crippen LogP contribution in [0, 0.1) is 0 Å². The zero-order valence-electron chi connectivity index (χ0n) is 17.7. The van der Waals surface area contributed by atoms with E-state index in [1.807, 2.05) is 38.2 Å². The molecular weight excluding hydrogens is 385 g/mol. The largest absolute Gasteiger partial charge is 1.00 e. The van der Waals surface area contributed by atoms with Gasteiger partial charge in [0, 0.05) is 25.2 Å². The molecule has 8 heteroatoms. The summed E-state index contributed by atoms with van der Waals surface area (Å²) in [5, 5.41) is 11.1. The van der Waals surface area contributed by atoms with E-state index in [1.54, 1.807) is 0 Å². The predicted molar refractivity (Wildman–Crippen MR) is 104 cm³/mol. The fourth-order valence-electron chi connectivity index (χ4n) is 2.48. The van der Waals surface area contributed by atoms with Crippen molar-refractivity contribution in [1.82, 2.24) is 4.90 Å². The molecule has 0 aromatic rings. The van der Waals surface area contributed by atoms with E-state index in [-0.39, 0.29) is 49.0 Å². The third-order valence-corrected chi connectivity index (χ3v) is 3.82. The summed E-state index contributed by atoms with van der Waals surface area (Å²) in [6, 6.07) is -1.55. The Morgan fingerprint density at radius 3 is 1.86 bits per heavy atom. The SMILES string of the molecule is C=CCOC(=O)C(CC(=O)[O-])N(C(=O)CCC/C=C/C)C(=O)CCC/C=C/C.[Na+]. The molecule has 7 nitrogen and oxygen atoms in total. The Morgan fingerprint density at radius 2 is 1.48 bits per heavy atom. The first-order chi connectivity index (χ1) is 13.4. The van der Waals surface area contributed by atoms with Crippen LogP contribution < -0.4 is 34.7 Å². The van der Waals surface area contributed by atoms with Gasteiger partial charge < -0.3 is 14.6 Å². The molecule has 0 aliphatic rings. The monoisotopic (exact) mass is 415 g/mol. The van der Waals surface area contributed by atoms with Crippen molar-refractivity contribution in [3.63, 3.8) is 0 Å². The topological polar surface area (TPSA) is 104 Å². The minimum Gasteiger partial charge on any atom is -0.550 e. The van der Waals surface area contributed by atoms with E-state index in [9.17, 15) is 24.3 Å². The summed E-state index contributed by atoms with van der Waals surface area (Å²) in [5.74, 6) is -3.70. The summed E-state index contributed by atoms with van der Waals surface area (Å²) in [4.78, 5) is 49.5. The van der Waals surface area contributed by atoms with Crippen LogP contribution in [-0.2, 0) is 23.9 Å². The maximum Gasteiger partial charge on any atom is 1.00 e. The normalized spacial score (nSPS) is 11.7. The van der Waals surface area contributed by atoms with Gasteiger partial charge in [0.05, 0.1) is 0 Å². The number of unbranched alkanes of at least 4 members (excludes halogenated alkanes) is 2. The number of rotatable bonds is 14. The van der Waals surface area contributed by atoms with Crippen molar-refractivity contribution in [2.75, 3.05) is 6.61 Å². The second-order valence-electron chi connectivity index (χ2n) is 6.09. The van der Waals surface area contributed by atoms with Gasteiger partial charge in [-0.1, -0.05) is 37.0 Å². The summed E-state index contributed by atoms with van der Waals surface area (Å²) in [5.41, 5.74) is 0. The van der Waals surface area contributed by atoms with E-state index in [0.29, 0.717) is 25.7 Å². The van der Waals surface area contributed by atoms with Crippen LogP contribution in [0.2, 0.25) is 0 Å². The number of imide groups is 1. The van der Waals surface area contributed by atoms with Crippen LogP contribution in [0.1, 0.15) is 58.8 Å². The Balaban J connectivity index is 0. The van der Waals surface area contributed by atoms with Crippen LogP contribution in [0.3, 0.4) is 0 Å². The molecule has 0 radical (unpaired) electrons. The fraction of sp³-hybridized carbons (Fsp3) is 0.524. The molecule has 1 unspecified atom stereocenters. The smallest absolute Gasteiger partial charge is 0.550 e. The molecule has 0 heterocycles. The Labute approximate surface area is 195 Å². The van der Waals surface area contributed by atoms with Crippen LogP contribution >= 0.6 is 0 Å². The number of nitrogens with zero attached hydrogens (tertiary/aromatic N) is 1. The molecule has 2 amide bonds. The molecule has 0 rings (SSSR count). The number of allylic oxidation sites excluding steroid dienone is 4. The Bertz CT molecular complexity index is 570. The molecule has 0 aliphatic carbocycles. The van der Waals surface area contributed by atoms with Crippen LogP contribution in [0.15, 0.2) is 37.0 Å². The quantitative estimate of drug-likeness (QED) is 0.157. The van der Waals surface area contributed by atoms with Gasteiger partial charge in [-0.25, -0.2) is 4.79 Å².